The van der Waals surface area contributed by atoms with Crippen molar-refractivity contribution < 1.29 is 24.2 Å². The minimum atomic E-state index is -1.04. The predicted octanol–water partition coefficient (Wildman–Crippen LogP) is 0.688. The SMILES string of the molecule is CCCCOCCCNC(=O)N1CCOC(C(=O)O)C1. The van der Waals surface area contributed by atoms with Crippen LogP contribution >= 0.6 is 0 Å². The molecule has 2 amide bonds. The number of carbonyl (C=O) groups is 2. The van der Waals surface area contributed by atoms with Gasteiger partial charge < -0.3 is 24.8 Å². The lowest BCUT2D eigenvalue weighted by Gasteiger charge is -2.30. The molecule has 0 aliphatic carbocycles. The van der Waals surface area contributed by atoms with Gasteiger partial charge in [-0.2, -0.15) is 0 Å². The Balaban J connectivity index is 2.11. The third-order valence-electron chi connectivity index (χ3n) is 3.01. The van der Waals surface area contributed by atoms with Crippen molar-refractivity contribution in [3.05, 3.63) is 0 Å². The summed E-state index contributed by atoms with van der Waals surface area (Å²) in [6.07, 6.45) is 1.99. The molecule has 1 aliphatic rings. The van der Waals surface area contributed by atoms with Crippen LogP contribution < -0.4 is 5.32 Å². The van der Waals surface area contributed by atoms with Crippen molar-refractivity contribution in [1.82, 2.24) is 10.2 Å². The number of unbranched alkanes of at least 4 members (excludes halogenated alkanes) is 1. The zero-order valence-corrected chi connectivity index (χ0v) is 12.0. The van der Waals surface area contributed by atoms with Crippen molar-refractivity contribution in [2.45, 2.75) is 32.3 Å². The summed E-state index contributed by atoms with van der Waals surface area (Å²) in [6.45, 7) is 4.78. The molecule has 1 aliphatic heterocycles. The molecule has 0 radical (unpaired) electrons. The van der Waals surface area contributed by atoms with Crippen molar-refractivity contribution in [1.29, 1.82) is 0 Å². The number of nitrogens with one attached hydrogen (secondary N) is 1. The molecular weight excluding hydrogens is 264 g/mol. The Morgan fingerprint density at radius 1 is 1.40 bits per heavy atom. The highest BCUT2D eigenvalue weighted by molar-refractivity contribution is 5.77. The van der Waals surface area contributed by atoms with E-state index in [1.165, 1.54) is 4.90 Å². The Morgan fingerprint density at radius 2 is 2.15 bits per heavy atom. The lowest BCUT2D eigenvalue weighted by molar-refractivity contribution is -0.154. The third-order valence-corrected chi connectivity index (χ3v) is 3.01. The van der Waals surface area contributed by atoms with Crippen LogP contribution in [0.15, 0.2) is 0 Å². The van der Waals surface area contributed by atoms with Gasteiger partial charge in [0.25, 0.3) is 0 Å². The predicted molar refractivity (Wildman–Crippen MR) is 72.7 cm³/mol. The van der Waals surface area contributed by atoms with E-state index < -0.39 is 12.1 Å². The molecule has 0 aromatic rings. The smallest absolute Gasteiger partial charge is 0.334 e. The van der Waals surface area contributed by atoms with Gasteiger partial charge in [0.15, 0.2) is 6.10 Å². The van der Waals surface area contributed by atoms with E-state index in [0.717, 1.165) is 25.9 Å². The van der Waals surface area contributed by atoms with Crippen molar-refractivity contribution in [3.8, 4) is 0 Å². The van der Waals surface area contributed by atoms with Crippen LogP contribution in [0.3, 0.4) is 0 Å². The van der Waals surface area contributed by atoms with Crippen molar-refractivity contribution in [3.63, 3.8) is 0 Å². The van der Waals surface area contributed by atoms with Gasteiger partial charge in [-0.15, -0.1) is 0 Å². The van der Waals surface area contributed by atoms with Gasteiger partial charge in [0.05, 0.1) is 13.2 Å². The molecule has 2 N–H and O–H groups in total. The molecular formula is C13H24N2O5. The summed E-state index contributed by atoms with van der Waals surface area (Å²) in [4.78, 5) is 24.1. The van der Waals surface area contributed by atoms with Gasteiger partial charge in [0, 0.05) is 26.3 Å². The quantitative estimate of drug-likeness (QED) is 0.642. The maximum Gasteiger partial charge on any atom is 0.334 e. The highest BCUT2D eigenvalue weighted by atomic mass is 16.5. The van der Waals surface area contributed by atoms with Crippen LogP contribution in [0.25, 0.3) is 0 Å². The highest BCUT2D eigenvalue weighted by Gasteiger charge is 2.28. The average Bonchev–Trinajstić information content (AvgIpc) is 2.46. The fraction of sp³-hybridized carbons (Fsp3) is 0.846. The molecule has 20 heavy (non-hydrogen) atoms. The summed E-state index contributed by atoms with van der Waals surface area (Å²) in [6, 6.07) is -0.242. The summed E-state index contributed by atoms with van der Waals surface area (Å²) < 4.78 is 10.4. The van der Waals surface area contributed by atoms with E-state index >= 15 is 0 Å². The fourth-order valence-corrected chi connectivity index (χ4v) is 1.81. The minimum absolute atomic E-state index is 0.0914. The number of nitrogens with zero attached hydrogens (tertiary/aromatic N) is 1. The van der Waals surface area contributed by atoms with Crippen molar-refractivity contribution >= 4 is 12.0 Å². The Bertz CT molecular complexity index is 311. The monoisotopic (exact) mass is 288 g/mol. The molecule has 1 saturated heterocycles. The first-order chi connectivity index (χ1) is 9.65. The van der Waals surface area contributed by atoms with E-state index in [9.17, 15) is 9.59 Å². The Morgan fingerprint density at radius 3 is 2.85 bits per heavy atom. The molecule has 0 aromatic carbocycles. The zero-order chi connectivity index (χ0) is 14.8. The zero-order valence-electron chi connectivity index (χ0n) is 12.0. The first kappa shape index (κ1) is 16.7. The maximum absolute atomic E-state index is 11.8. The van der Waals surface area contributed by atoms with E-state index in [1.807, 2.05) is 0 Å². The van der Waals surface area contributed by atoms with E-state index in [-0.39, 0.29) is 19.2 Å². The standard InChI is InChI=1S/C13H24N2O5/c1-2-3-7-19-8-4-5-14-13(18)15-6-9-20-11(10-15)12(16)17/h11H,2-10H2,1H3,(H,14,18)(H,16,17). The van der Waals surface area contributed by atoms with Crippen LogP contribution in [0.2, 0.25) is 0 Å². The Labute approximate surface area is 119 Å². The number of aliphatic carboxylic acids is 1. The first-order valence-corrected chi connectivity index (χ1v) is 7.10. The van der Waals surface area contributed by atoms with Crippen LogP contribution in [-0.2, 0) is 14.3 Å². The molecule has 7 nitrogen and oxygen atoms in total. The molecule has 116 valence electrons. The number of carboxylic acids is 1. The molecule has 1 atom stereocenters. The number of hydrogen-bond acceptors (Lipinski definition) is 4. The van der Waals surface area contributed by atoms with E-state index in [1.54, 1.807) is 0 Å². The number of hydrogen-bond donors (Lipinski definition) is 2. The molecule has 0 aromatic heterocycles. The van der Waals surface area contributed by atoms with Gasteiger partial charge in [0.2, 0.25) is 0 Å². The summed E-state index contributed by atoms with van der Waals surface area (Å²) >= 11 is 0. The van der Waals surface area contributed by atoms with Gasteiger partial charge in [-0.05, 0) is 12.8 Å². The number of morpholine rings is 1. The molecule has 1 heterocycles. The average molecular weight is 288 g/mol. The topological polar surface area (TPSA) is 88.1 Å². The number of carboxylic acid groups (broad SMARTS) is 1. The second-order valence-electron chi connectivity index (χ2n) is 4.70. The lowest BCUT2D eigenvalue weighted by atomic mass is 10.3. The molecule has 0 spiro atoms. The van der Waals surface area contributed by atoms with Gasteiger partial charge in [-0.1, -0.05) is 13.3 Å². The number of amides is 2. The van der Waals surface area contributed by atoms with Crippen LogP contribution in [0.1, 0.15) is 26.2 Å². The summed E-state index contributed by atoms with van der Waals surface area (Å²) in [5, 5.41) is 11.6. The van der Waals surface area contributed by atoms with Gasteiger partial charge in [-0.3, -0.25) is 0 Å². The summed E-state index contributed by atoms with van der Waals surface area (Å²) in [5.74, 6) is -1.04. The summed E-state index contributed by atoms with van der Waals surface area (Å²) in [7, 11) is 0. The Hall–Kier alpha value is -1.34. The highest BCUT2D eigenvalue weighted by Crippen LogP contribution is 2.05. The second-order valence-corrected chi connectivity index (χ2v) is 4.70. The van der Waals surface area contributed by atoms with E-state index in [0.29, 0.717) is 19.7 Å². The Kier molecular flexibility index (Phi) is 7.98. The van der Waals surface area contributed by atoms with Crippen LogP contribution in [0, 0.1) is 0 Å². The maximum atomic E-state index is 11.8. The number of ether oxygens (including phenoxy) is 2. The molecule has 0 bridgehead atoms. The lowest BCUT2D eigenvalue weighted by Crippen LogP contribution is -2.51. The second kappa shape index (κ2) is 9.55. The van der Waals surface area contributed by atoms with Gasteiger partial charge >= 0.3 is 12.0 Å². The fourth-order valence-electron chi connectivity index (χ4n) is 1.81. The third kappa shape index (κ3) is 6.21. The van der Waals surface area contributed by atoms with Gasteiger partial charge in [-0.25, -0.2) is 9.59 Å². The van der Waals surface area contributed by atoms with E-state index in [2.05, 4.69) is 12.2 Å². The van der Waals surface area contributed by atoms with Crippen molar-refractivity contribution in [2.75, 3.05) is 39.5 Å². The normalized spacial score (nSPS) is 18.9. The largest absolute Gasteiger partial charge is 0.479 e. The molecule has 1 rings (SSSR count). The van der Waals surface area contributed by atoms with Gasteiger partial charge in [0.1, 0.15) is 0 Å². The number of rotatable bonds is 8. The van der Waals surface area contributed by atoms with Crippen LogP contribution in [0.5, 0.6) is 0 Å². The van der Waals surface area contributed by atoms with E-state index in [4.69, 9.17) is 14.6 Å². The number of urea groups is 1. The van der Waals surface area contributed by atoms with Crippen LogP contribution in [-0.4, -0.2) is 67.6 Å². The molecule has 1 unspecified atom stereocenters. The first-order valence-electron chi connectivity index (χ1n) is 7.10. The molecule has 7 heteroatoms. The summed E-state index contributed by atoms with van der Waals surface area (Å²) in [5.41, 5.74) is 0. The minimum Gasteiger partial charge on any atom is -0.479 e. The van der Waals surface area contributed by atoms with Crippen molar-refractivity contribution in [2.24, 2.45) is 0 Å². The number of carbonyl (C=O) groups excluding carboxylic acids is 1. The molecule has 0 saturated carbocycles. The van der Waals surface area contributed by atoms with Crippen LogP contribution in [0.4, 0.5) is 4.79 Å². The molecule has 1 fully saturated rings.